The number of nitro benzene ring substituents is 2. The molecule has 3 aromatic carbocycles. The van der Waals surface area contributed by atoms with Crippen molar-refractivity contribution in [3.8, 4) is 22.3 Å². The first-order valence-electron chi connectivity index (χ1n) is 11.4. The van der Waals surface area contributed by atoms with Crippen molar-refractivity contribution in [2.75, 3.05) is 0 Å². The molecule has 0 saturated heterocycles. The number of benzene rings is 3. The van der Waals surface area contributed by atoms with Crippen LogP contribution in [0.5, 0.6) is 0 Å². The van der Waals surface area contributed by atoms with E-state index in [4.69, 9.17) is 4.99 Å². The van der Waals surface area contributed by atoms with E-state index in [1.165, 1.54) is 24.3 Å². The zero-order valence-electron chi connectivity index (χ0n) is 20.0. The second-order valence-corrected chi connectivity index (χ2v) is 8.89. The lowest BCUT2D eigenvalue weighted by atomic mass is 9.91. The molecule has 0 fully saturated rings. The highest BCUT2D eigenvalue weighted by molar-refractivity contribution is 6.02. The molecule has 0 atom stereocenters. The quantitative estimate of drug-likeness (QED) is 0.231. The van der Waals surface area contributed by atoms with E-state index in [2.05, 4.69) is 18.4 Å². The van der Waals surface area contributed by atoms with Crippen LogP contribution in [0.3, 0.4) is 0 Å². The first kappa shape index (κ1) is 23.8. The van der Waals surface area contributed by atoms with Gasteiger partial charge in [-0.25, -0.2) is 0 Å². The van der Waals surface area contributed by atoms with Crippen LogP contribution in [0.15, 0.2) is 77.8 Å². The summed E-state index contributed by atoms with van der Waals surface area (Å²) >= 11 is 0. The van der Waals surface area contributed by atoms with Crippen molar-refractivity contribution in [2.45, 2.75) is 39.8 Å². The molecular weight excluding hydrogens is 444 g/mol. The molecule has 0 aliphatic carbocycles. The highest BCUT2D eigenvalue weighted by Gasteiger charge is 2.21. The molecule has 1 aromatic heterocycles. The zero-order chi connectivity index (χ0) is 25.3. The standard InChI is InChI=1S/C27H26N4O4/c1-17(2)28-27-26(20-11-15-22(16-12-20)31(34)35)25(19-9-13-21(14-10-19)30(32)33)23-7-5-6-8-24(23)29(27)18(3)4/h5-18H,1-4H3. The molecule has 178 valence electrons. The molecule has 35 heavy (non-hydrogen) atoms. The third-order valence-corrected chi connectivity index (χ3v) is 5.77. The van der Waals surface area contributed by atoms with Gasteiger partial charge in [-0.2, -0.15) is 0 Å². The van der Waals surface area contributed by atoms with Gasteiger partial charge >= 0.3 is 0 Å². The van der Waals surface area contributed by atoms with Crippen molar-refractivity contribution in [3.63, 3.8) is 0 Å². The lowest BCUT2D eigenvalue weighted by Crippen LogP contribution is -2.28. The van der Waals surface area contributed by atoms with E-state index in [0.717, 1.165) is 38.6 Å². The normalized spacial score (nSPS) is 12.0. The molecule has 4 aromatic rings. The average molecular weight is 471 g/mol. The molecule has 0 spiro atoms. The Balaban J connectivity index is 2.21. The topological polar surface area (TPSA) is 104 Å². The Kier molecular flexibility index (Phi) is 6.46. The van der Waals surface area contributed by atoms with Crippen LogP contribution in [-0.4, -0.2) is 20.5 Å². The van der Waals surface area contributed by atoms with E-state index in [0.29, 0.717) is 0 Å². The Morgan fingerprint density at radius 3 is 1.66 bits per heavy atom. The largest absolute Gasteiger partial charge is 0.323 e. The maximum absolute atomic E-state index is 11.3. The molecule has 0 radical (unpaired) electrons. The fourth-order valence-corrected chi connectivity index (χ4v) is 4.34. The van der Waals surface area contributed by atoms with Gasteiger partial charge in [0.05, 0.1) is 15.4 Å². The van der Waals surface area contributed by atoms with Gasteiger partial charge in [0.1, 0.15) is 5.49 Å². The van der Waals surface area contributed by atoms with Gasteiger partial charge in [-0.05, 0) is 69.2 Å². The van der Waals surface area contributed by atoms with Crippen molar-refractivity contribution >= 4 is 22.3 Å². The van der Waals surface area contributed by atoms with Crippen molar-refractivity contribution < 1.29 is 9.85 Å². The number of para-hydroxylation sites is 1. The maximum Gasteiger partial charge on any atom is 0.269 e. The minimum Gasteiger partial charge on any atom is -0.323 e. The van der Waals surface area contributed by atoms with Crippen LogP contribution in [0.2, 0.25) is 0 Å². The van der Waals surface area contributed by atoms with Crippen molar-refractivity contribution in [2.24, 2.45) is 4.99 Å². The van der Waals surface area contributed by atoms with E-state index in [1.807, 2.05) is 38.1 Å². The summed E-state index contributed by atoms with van der Waals surface area (Å²) in [7, 11) is 0. The molecule has 1 heterocycles. The molecule has 0 bridgehead atoms. The number of rotatable bonds is 6. The number of nitrogens with zero attached hydrogens (tertiary/aromatic N) is 4. The summed E-state index contributed by atoms with van der Waals surface area (Å²) in [5.41, 5.74) is 5.05. The summed E-state index contributed by atoms with van der Waals surface area (Å²) in [4.78, 5) is 26.7. The highest BCUT2D eigenvalue weighted by atomic mass is 16.6. The van der Waals surface area contributed by atoms with Crippen LogP contribution in [-0.2, 0) is 0 Å². The van der Waals surface area contributed by atoms with E-state index in [-0.39, 0.29) is 23.5 Å². The van der Waals surface area contributed by atoms with E-state index in [9.17, 15) is 20.2 Å². The van der Waals surface area contributed by atoms with E-state index in [1.54, 1.807) is 24.3 Å². The number of hydrogen-bond donors (Lipinski definition) is 0. The third kappa shape index (κ3) is 4.55. The zero-order valence-corrected chi connectivity index (χ0v) is 20.0. The van der Waals surface area contributed by atoms with Gasteiger partial charge < -0.3 is 4.57 Å². The fourth-order valence-electron chi connectivity index (χ4n) is 4.34. The van der Waals surface area contributed by atoms with E-state index >= 15 is 0 Å². The Hall–Kier alpha value is -4.33. The van der Waals surface area contributed by atoms with Crippen LogP contribution in [0, 0.1) is 20.2 Å². The van der Waals surface area contributed by atoms with Gasteiger partial charge in [0, 0.05) is 52.9 Å². The molecule has 0 N–H and O–H groups in total. The van der Waals surface area contributed by atoms with Crippen LogP contribution < -0.4 is 5.49 Å². The summed E-state index contributed by atoms with van der Waals surface area (Å²) in [6, 6.07) is 21.0. The second kappa shape index (κ2) is 9.50. The highest BCUT2D eigenvalue weighted by Crippen LogP contribution is 2.38. The summed E-state index contributed by atoms with van der Waals surface area (Å²) in [6.07, 6.45) is 0. The number of nitro groups is 2. The number of aromatic nitrogens is 1. The Bertz CT molecular complexity index is 1490. The molecular formula is C27H26N4O4. The molecule has 0 aliphatic heterocycles. The predicted molar refractivity (Wildman–Crippen MR) is 137 cm³/mol. The lowest BCUT2D eigenvalue weighted by Gasteiger charge is -2.23. The Labute approximate surface area is 202 Å². The lowest BCUT2D eigenvalue weighted by molar-refractivity contribution is -0.385. The fraction of sp³-hybridized carbons (Fsp3) is 0.222. The summed E-state index contributed by atoms with van der Waals surface area (Å²) < 4.78 is 2.18. The SMILES string of the molecule is CC(C)N=c1c(-c2ccc([N+](=O)[O-])cc2)c(-c2ccc([N+](=O)[O-])cc2)c2ccccc2n1C(C)C. The molecule has 8 heteroatoms. The number of hydrogen-bond acceptors (Lipinski definition) is 5. The first-order chi connectivity index (χ1) is 16.7. The summed E-state index contributed by atoms with van der Waals surface area (Å²) in [6.45, 7) is 8.20. The van der Waals surface area contributed by atoms with Crippen LogP contribution in [0.4, 0.5) is 11.4 Å². The molecule has 0 unspecified atom stereocenters. The first-order valence-corrected chi connectivity index (χ1v) is 11.4. The monoisotopic (exact) mass is 470 g/mol. The van der Waals surface area contributed by atoms with Gasteiger partial charge in [0.15, 0.2) is 0 Å². The van der Waals surface area contributed by atoms with Gasteiger partial charge in [0.2, 0.25) is 0 Å². The Morgan fingerprint density at radius 2 is 1.20 bits per heavy atom. The number of fused-ring (bicyclic) bond motifs is 1. The van der Waals surface area contributed by atoms with Gasteiger partial charge in [-0.3, -0.25) is 25.2 Å². The molecule has 0 saturated carbocycles. The Morgan fingerprint density at radius 1 is 0.714 bits per heavy atom. The molecule has 0 amide bonds. The van der Waals surface area contributed by atoms with Gasteiger partial charge in [-0.1, -0.05) is 18.2 Å². The van der Waals surface area contributed by atoms with Crippen molar-refractivity contribution in [1.82, 2.24) is 4.57 Å². The number of non-ortho nitro benzene ring substituents is 2. The molecule has 0 aliphatic rings. The van der Waals surface area contributed by atoms with Crippen LogP contribution in [0.1, 0.15) is 33.7 Å². The minimum absolute atomic E-state index is 0.00510. The van der Waals surface area contributed by atoms with Crippen molar-refractivity contribution in [3.05, 3.63) is 98.5 Å². The second-order valence-electron chi connectivity index (χ2n) is 8.89. The van der Waals surface area contributed by atoms with E-state index < -0.39 is 9.85 Å². The van der Waals surface area contributed by atoms with Gasteiger partial charge in [0.25, 0.3) is 11.4 Å². The molecule has 8 nitrogen and oxygen atoms in total. The third-order valence-electron chi connectivity index (χ3n) is 5.77. The summed E-state index contributed by atoms with van der Waals surface area (Å²) in [5.74, 6) is 0. The predicted octanol–water partition coefficient (Wildman–Crippen LogP) is 6.68. The average Bonchev–Trinajstić information content (AvgIpc) is 2.82. The number of pyridine rings is 1. The smallest absolute Gasteiger partial charge is 0.269 e. The summed E-state index contributed by atoms with van der Waals surface area (Å²) in [5, 5.41) is 23.5. The van der Waals surface area contributed by atoms with Crippen LogP contribution >= 0.6 is 0 Å². The van der Waals surface area contributed by atoms with Crippen molar-refractivity contribution in [1.29, 1.82) is 0 Å². The minimum atomic E-state index is -0.422. The van der Waals surface area contributed by atoms with Gasteiger partial charge in [-0.15, -0.1) is 0 Å². The maximum atomic E-state index is 11.3. The van der Waals surface area contributed by atoms with Crippen LogP contribution in [0.25, 0.3) is 33.2 Å². The molecule has 4 rings (SSSR count).